The van der Waals surface area contributed by atoms with Gasteiger partial charge in [-0.05, 0) is 37.1 Å². The lowest BCUT2D eigenvalue weighted by atomic mass is 10.1. The molecule has 0 aliphatic rings. The highest BCUT2D eigenvalue weighted by Crippen LogP contribution is 2.17. The van der Waals surface area contributed by atoms with E-state index in [1.165, 1.54) is 5.56 Å². The molecule has 3 aromatic heterocycles. The molecule has 0 spiro atoms. The largest absolute Gasteiger partial charge is 0.348 e. The maximum absolute atomic E-state index is 12.8. The average Bonchev–Trinajstić information content (AvgIpc) is 3.43. The van der Waals surface area contributed by atoms with Crippen molar-refractivity contribution in [3.8, 4) is 11.5 Å². The molecule has 0 atom stereocenters. The van der Waals surface area contributed by atoms with E-state index < -0.39 is 0 Å². The molecule has 0 saturated carbocycles. The van der Waals surface area contributed by atoms with Crippen molar-refractivity contribution in [2.75, 3.05) is 0 Å². The Bertz CT molecular complexity index is 1100. The standard InChI is InChI=1S/C22H22N6O/c1-3-20-19(14-26-28(20)18-7-4-16(2)5-8-18)22(29)25-13-17-6-9-21(24-12-17)27-11-10-23-15-27/h4-12,14-15H,3,13H2,1-2H3,(H,25,29). The molecule has 7 nitrogen and oxygen atoms in total. The average molecular weight is 386 g/mol. The Kier molecular flexibility index (Phi) is 5.20. The summed E-state index contributed by atoms with van der Waals surface area (Å²) in [6.45, 7) is 4.47. The highest BCUT2D eigenvalue weighted by molar-refractivity contribution is 5.95. The number of rotatable bonds is 6. The minimum atomic E-state index is -0.140. The Balaban J connectivity index is 1.46. The first kappa shape index (κ1) is 18.6. The fourth-order valence-corrected chi connectivity index (χ4v) is 3.16. The van der Waals surface area contributed by atoms with Crippen LogP contribution in [0.2, 0.25) is 0 Å². The number of carbonyl (C=O) groups is 1. The van der Waals surface area contributed by atoms with Crippen LogP contribution in [0.25, 0.3) is 11.5 Å². The number of hydrogen-bond acceptors (Lipinski definition) is 4. The van der Waals surface area contributed by atoms with Crippen molar-refractivity contribution in [2.24, 2.45) is 0 Å². The third-order valence-corrected chi connectivity index (χ3v) is 4.76. The predicted octanol–water partition coefficient (Wildman–Crippen LogP) is 3.25. The van der Waals surface area contributed by atoms with Crippen LogP contribution in [0.15, 0.2) is 67.5 Å². The van der Waals surface area contributed by atoms with Gasteiger partial charge in [-0.25, -0.2) is 14.6 Å². The van der Waals surface area contributed by atoms with E-state index in [-0.39, 0.29) is 5.91 Å². The van der Waals surface area contributed by atoms with Crippen LogP contribution in [0.4, 0.5) is 0 Å². The number of pyridine rings is 1. The molecule has 4 aromatic rings. The van der Waals surface area contributed by atoms with Crippen LogP contribution < -0.4 is 5.32 Å². The van der Waals surface area contributed by atoms with Crippen molar-refractivity contribution in [3.05, 3.63) is 89.9 Å². The zero-order chi connectivity index (χ0) is 20.2. The molecule has 0 fully saturated rings. The molecule has 0 unspecified atom stereocenters. The fourth-order valence-electron chi connectivity index (χ4n) is 3.16. The molecule has 1 N–H and O–H groups in total. The van der Waals surface area contributed by atoms with E-state index in [0.717, 1.165) is 22.8 Å². The molecule has 0 radical (unpaired) electrons. The minimum Gasteiger partial charge on any atom is -0.348 e. The van der Waals surface area contributed by atoms with Gasteiger partial charge in [0.15, 0.2) is 0 Å². The Morgan fingerprint density at radius 3 is 2.59 bits per heavy atom. The zero-order valence-electron chi connectivity index (χ0n) is 16.4. The van der Waals surface area contributed by atoms with Crippen LogP contribution >= 0.6 is 0 Å². The van der Waals surface area contributed by atoms with E-state index in [1.807, 2.05) is 65.7 Å². The maximum atomic E-state index is 12.8. The zero-order valence-corrected chi connectivity index (χ0v) is 16.4. The number of hydrogen-bond donors (Lipinski definition) is 1. The molecule has 1 aromatic carbocycles. The van der Waals surface area contributed by atoms with Crippen LogP contribution in [0.1, 0.15) is 34.1 Å². The van der Waals surface area contributed by atoms with Crippen LogP contribution in [-0.4, -0.2) is 30.2 Å². The van der Waals surface area contributed by atoms with E-state index in [9.17, 15) is 4.79 Å². The summed E-state index contributed by atoms with van der Waals surface area (Å²) in [5, 5.41) is 7.40. The molecule has 29 heavy (non-hydrogen) atoms. The third kappa shape index (κ3) is 3.94. The maximum Gasteiger partial charge on any atom is 0.255 e. The van der Waals surface area contributed by atoms with Gasteiger partial charge in [0.05, 0.1) is 23.1 Å². The first-order valence-corrected chi connectivity index (χ1v) is 9.51. The van der Waals surface area contributed by atoms with Crippen LogP contribution in [0.3, 0.4) is 0 Å². The lowest BCUT2D eigenvalue weighted by Crippen LogP contribution is -2.24. The van der Waals surface area contributed by atoms with Crippen molar-refractivity contribution >= 4 is 5.91 Å². The molecular formula is C22H22N6O. The van der Waals surface area contributed by atoms with E-state index in [2.05, 4.69) is 20.4 Å². The number of benzene rings is 1. The summed E-state index contributed by atoms with van der Waals surface area (Å²) in [5.41, 5.74) is 4.54. The molecule has 0 aliphatic heterocycles. The highest BCUT2D eigenvalue weighted by Gasteiger charge is 2.17. The summed E-state index contributed by atoms with van der Waals surface area (Å²) in [4.78, 5) is 21.2. The number of nitrogens with one attached hydrogen (secondary N) is 1. The molecule has 146 valence electrons. The van der Waals surface area contributed by atoms with Crippen molar-refractivity contribution in [1.29, 1.82) is 0 Å². The van der Waals surface area contributed by atoms with E-state index in [0.29, 0.717) is 18.5 Å². The Hall–Kier alpha value is -3.74. The summed E-state index contributed by atoms with van der Waals surface area (Å²) in [7, 11) is 0. The van der Waals surface area contributed by atoms with Gasteiger partial charge in [-0.2, -0.15) is 5.10 Å². The van der Waals surface area contributed by atoms with E-state index in [4.69, 9.17) is 0 Å². The van der Waals surface area contributed by atoms with E-state index in [1.54, 1.807) is 24.9 Å². The number of nitrogens with zero attached hydrogens (tertiary/aromatic N) is 5. The topological polar surface area (TPSA) is 77.6 Å². The van der Waals surface area contributed by atoms with Crippen molar-refractivity contribution in [1.82, 2.24) is 29.6 Å². The van der Waals surface area contributed by atoms with Gasteiger partial charge in [0.1, 0.15) is 12.1 Å². The van der Waals surface area contributed by atoms with Crippen LogP contribution in [0, 0.1) is 6.92 Å². The highest BCUT2D eigenvalue weighted by atomic mass is 16.1. The number of aromatic nitrogens is 5. The van der Waals surface area contributed by atoms with Gasteiger partial charge >= 0.3 is 0 Å². The van der Waals surface area contributed by atoms with Crippen LogP contribution in [0.5, 0.6) is 0 Å². The number of amides is 1. The fraction of sp³-hybridized carbons (Fsp3) is 0.182. The van der Waals surface area contributed by atoms with Gasteiger partial charge in [0, 0.05) is 25.1 Å². The molecule has 3 heterocycles. The summed E-state index contributed by atoms with van der Waals surface area (Å²) in [5.74, 6) is 0.643. The minimum absolute atomic E-state index is 0.140. The number of imidazole rings is 1. The van der Waals surface area contributed by atoms with E-state index >= 15 is 0 Å². The lowest BCUT2D eigenvalue weighted by molar-refractivity contribution is 0.0950. The monoisotopic (exact) mass is 386 g/mol. The van der Waals surface area contributed by atoms with Gasteiger partial charge in [-0.1, -0.05) is 30.7 Å². The van der Waals surface area contributed by atoms with Crippen molar-refractivity contribution in [3.63, 3.8) is 0 Å². The SMILES string of the molecule is CCc1c(C(=O)NCc2ccc(-n3ccnc3)nc2)cnn1-c1ccc(C)cc1. The Labute approximate surface area is 169 Å². The summed E-state index contributed by atoms with van der Waals surface area (Å²) >= 11 is 0. The van der Waals surface area contributed by atoms with Gasteiger partial charge in [-0.15, -0.1) is 0 Å². The molecule has 1 amide bonds. The lowest BCUT2D eigenvalue weighted by Gasteiger charge is -2.09. The molecular weight excluding hydrogens is 364 g/mol. The van der Waals surface area contributed by atoms with Gasteiger partial charge in [0.25, 0.3) is 5.91 Å². The Morgan fingerprint density at radius 1 is 1.10 bits per heavy atom. The first-order valence-electron chi connectivity index (χ1n) is 9.51. The predicted molar refractivity (Wildman–Crippen MR) is 110 cm³/mol. The molecule has 7 heteroatoms. The third-order valence-electron chi connectivity index (χ3n) is 4.76. The molecule has 0 aliphatic carbocycles. The van der Waals surface area contributed by atoms with Crippen molar-refractivity contribution < 1.29 is 4.79 Å². The van der Waals surface area contributed by atoms with Crippen molar-refractivity contribution in [2.45, 2.75) is 26.8 Å². The second kappa shape index (κ2) is 8.10. The van der Waals surface area contributed by atoms with Gasteiger partial charge < -0.3 is 5.32 Å². The summed E-state index contributed by atoms with van der Waals surface area (Å²) in [6.07, 6.45) is 9.33. The normalized spacial score (nSPS) is 10.8. The molecule has 0 saturated heterocycles. The second-order valence-electron chi connectivity index (χ2n) is 6.78. The summed E-state index contributed by atoms with van der Waals surface area (Å²) in [6, 6.07) is 11.9. The number of aryl methyl sites for hydroxylation is 1. The smallest absolute Gasteiger partial charge is 0.255 e. The summed E-state index contributed by atoms with van der Waals surface area (Å²) < 4.78 is 3.66. The Morgan fingerprint density at radius 2 is 1.93 bits per heavy atom. The van der Waals surface area contributed by atoms with Gasteiger partial charge in [0.2, 0.25) is 0 Å². The van der Waals surface area contributed by atoms with Crippen LogP contribution in [-0.2, 0) is 13.0 Å². The van der Waals surface area contributed by atoms with Gasteiger partial charge in [-0.3, -0.25) is 9.36 Å². The quantitative estimate of drug-likeness (QED) is 0.552. The first-order chi connectivity index (χ1) is 14.2. The molecule has 4 rings (SSSR count). The second-order valence-corrected chi connectivity index (χ2v) is 6.78. The molecule has 0 bridgehead atoms. The number of carbonyl (C=O) groups excluding carboxylic acids is 1.